The summed E-state index contributed by atoms with van der Waals surface area (Å²) >= 11 is 0. The maximum Gasteiger partial charge on any atom is 0.111 e. The van der Waals surface area contributed by atoms with Crippen LogP contribution in [0.2, 0.25) is 0 Å². The normalized spacial score (nSPS) is 14.3. The molecule has 0 aromatic heterocycles. The van der Waals surface area contributed by atoms with Gasteiger partial charge in [0.15, 0.2) is 0 Å². The highest BCUT2D eigenvalue weighted by atomic mass is 32.0. The van der Waals surface area contributed by atoms with Gasteiger partial charge in [-0.25, -0.2) is 0 Å². The van der Waals surface area contributed by atoms with Crippen molar-refractivity contribution in [2.45, 2.75) is 205 Å². The van der Waals surface area contributed by atoms with E-state index < -0.39 is 42.7 Å². The topological polar surface area (TPSA) is 532 Å². The van der Waals surface area contributed by atoms with Crippen molar-refractivity contribution in [3.05, 3.63) is 239 Å². The van der Waals surface area contributed by atoms with Crippen LogP contribution >= 0.6 is 138 Å². The molecule has 736 valence electrons. The summed E-state index contributed by atoms with van der Waals surface area (Å²) in [7, 11) is 21.5. The van der Waals surface area contributed by atoms with Crippen molar-refractivity contribution in [2.24, 2.45) is 0 Å². The number of nitrogen functional groups attached to an aromatic ring is 8. The van der Waals surface area contributed by atoms with Gasteiger partial charge in [0.1, 0.15) is 42.7 Å². The number of aliphatic hydroxyl groups is 16. The molecule has 32 N–H and O–H groups in total. The summed E-state index contributed by atoms with van der Waals surface area (Å²) in [6.45, 7) is 30.2. The Labute approximate surface area is 801 Å². The van der Waals surface area contributed by atoms with E-state index in [-0.39, 0.29) is 119 Å². The van der Waals surface area contributed by atoms with Crippen molar-refractivity contribution in [2.75, 3.05) is 98.7 Å². The minimum atomic E-state index is -1.01. The van der Waals surface area contributed by atoms with E-state index in [1.807, 2.05) is 208 Å². The number of hydrogen-bond donors (Lipinski definition) is 24. The summed E-state index contributed by atoms with van der Waals surface area (Å²) in [6, 6.07) is 58.4. The van der Waals surface area contributed by atoms with Crippen LogP contribution in [0.1, 0.15) is 155 Å². The lowest BCUT2D eigenvalue weighted by molar-refractivity contribution is 0.0635. The van der Waals surface area contributed by atoms with Gasteiger partial charge in [-0.05, 0) is 142 Å². The third-order valence-electron chi connectivity index (χ3n) is 16.1. The van der Waals surface area contributed by atoms with Gasteiger partial charge < -0.3 is 128 Å². The zero-order valence-corrected chi connectivity index (χ0v) is 95.4. The summed E-state index contributed by atoms with van der Waals surface area (Å²) in [6.07, 6.45) is 3.60. The van der Waals surface area contributed by atoms with Crippen LogP contribution < -0.4 is 45.9 Å². The minimum absolute atomic E-state index is 0.216. The second-order valence-corrected chi connectivity index (χ2v) is 42.7. The molecule has 0 radical (unpaired) electrons. The van der Waals surface area contributed by atoms with E-state index in [1.165, 1.54) is 0 Å². The summed E-state index contributed by atoms with van der Waals surface area (Å²) in [5, 5.41) is 143. The first kappa shape index (κ1) is 142. The van der Waals surface area contributed by atoms with E-state index in [2.05, 4.69) is 71.4 Å². The molecule has 24 atom stereocenters. The Balaban J connectivity index is -0.000000209. The smallest absolute Gasteiger partial charge is 0.111 e. The second kappa shape index (κ2) is 85.8. The molecule has 8 aromatic carbocycles. The van der Waals surface area contributed by atoms with Crippen LogP contribution in [-0.4, -0.2) is 177 Å². The number of anilines is 8. The molecule has 0 aliphatic carbocycles. The van der Waals surface area contributed by atoms with Gasteiger partial charge in [0.05, 0.1) is 52.9 Å². The monoisotopic (exact) mass is 2090 g/mol. The van der Waals surface area contributed by atoms with Gasteiger partial charge in [-0.3, -0.25) is 0 Å². The van der Waals surface area contributed by atoms with E-state index in [1.54, 1.807) is 97.1 Å². The third-order valence-corrected chi connectivity index (χ3v) is 35.9. The number of rotatable bonds is 32. The molecule has 0 aliphatic rings. The van der Waals surface area contributed by atoms with E-state index >= 15 is 0 Å². The lowest BCUT2D eigenvalue weighted by Gasteiger charge is -2.23. The van der Waals surface area contributed by atoms with Crippen LogP contribution in [-0.2, 0) is 51.4 Å². The maximum atomic E-state index is 9.86. The molecule has 0 fully saturated rings. The highest BCUT2D eigenvalue weighted by Gasteiger charge is 2.30. The molecule has 0 heterocycles. The lowest BCUT2D eigenvalue weighted by atomic mass is 10.1. The van der Waals surface area contributed by atoms with E-state index in [0.717, 1.165) is 44.5 Å². The van der Waals surface area contributed by atoms with Crippen LogP contribution in [0.5, 0.6) is 0 Å². The van der Waals surface area contributed by atoms with Crippen LogP contribution in [0.15, 0.2) is 194 Å². The molecule has 40 heteroatoms. The molecule has 0 bridgehead atoms. The largest absolute Gasteiger partial charge is 0.399 e. The van der Waals surface area contributed by atoms with Crippen molar-refractivity contribution >= 4 is 183 Å². The van der Waals surface area contributed by atoms with Crippen LogP contribution in [0.4, 0.5) is 45.5 Å². The third kappa shape index (κ3) is 68.4. The first-order valence-electron chi connectivity index (χ1n) is 42.0. The maximum absolute atomic E-state index is 9.86. The molecule has 8 aromatic rings. The molecule has 0 spiro atoms. The second-order valence-electron chi connectivity index (χ2n) is 26.0. The number of hydrogen-bond acceptors (Lipinski definition) is 24. The summed E-state index contributed by atoms with van der Waals surface area (Å²) in [5.41, 5.74) is 57.8. The molecule has 8 rings (SSSR count). The first-order valence-corrected chi connectivity index (χ1v) is 64.5. The lowest BCUT2D eigenvalue weighted by Crippen LogP contribution is -2.29. The molecular formula is C88H168N8O16P16. The van der Waals surface area contributed by atoms with Crippen LogP contribution in [0.3, 0.4) is 0 Å². The Bertz CT molecular complexity index is 3030. The van der Waals surface area contributed by atoms with E-state index in [4.69, 9.17) is 86.7 Å². The highest BCUT2D eigenvalue weighted by molar-refractivity contribution is 8.05. The zero-order valence-electron chi connectivity index (χ0n) is 78.2. The van der Waals surface area contributed by atoms with E-state index in [0.29, 0.717) is 96.9 Å². The van der Waals surface area contributed by atoms with Gasteiger partial charge in [-0.1, -0.05) is 274 Å². The fourth-order valence-corrected chi connectivity index (χ4v) is 16.8. The van der Waals surface area contributed by atoms with Gasteiger partial charge in [0.2, 0.25) is 0 Å². The molecule has 0 saturated carbocycles. The van der Waals surface area contributed by atoms with Crippen molar-refractivity contribution in [3.8, 4) is 0 Å². The van der Waals surface area contributed by atoms with Crippen molar-refractivity contribution in [1.82, 2.24) is 0 Å². The van der Waals surface area contributed by atoms with Crippen molar-refractivity contribution < 1.29 is 81.7 Å². The predicted molar refractivity (Wildman–Crippen MR) is 608 cm³/mol. The number of nitrogens with two attached hydrogens (primary N) is 8. The summed E-state index contributed by atoms with van der Waals surface area (Å²) < 4.78 is 0. The molecule has 0 aliphatic heterocycles. The van der Waals surface area contributed by atoms with Gasteiger partial charge in [0.25, 0.3) is 0 Å². The Kier molecular flexibility index (Phi) is 95.0. The van der Waals surface area contributed by atoms with E-state index in [9.17, 15) is 40.9 Å². The predicted octanol–water partition coefficient (Wildman–Crippen LogP) is 15.9. The molecule has 24 unspecified atom stereocenters. The minimum Gasteiger partial charge on any atom is -0.399 e. The summed E-state index contributed by atoms with van der Waals surface area (Å²) in [4.78, 5) is 0. The van der Waals surface area contributed by atoms with Gasteiger partial charge in [-0.2, -0.15) is 0 Å². The number of aliphatic hydroxyl groups excluding tert-OH is 8. The highest BCUT2D eigenvalue weighted by Crippen LogP contribution is 2.44. The molecule has 128 heavy (non-hydrogen) atoms. The fraction of sp³-hybridized carbons (Fsp3) is 0.455. The van der Waals surface area contributed by atoms with Gasteiger partial charge in [-0.15, -0.1) is 71.4 Å². The van der Waals surface area contributed by atoms with Crippen molar-refractivity contribution in [1.29, 1.82) is 0 Å². The van der Waals surface area contributed by atoms with Gasteiger partial charge >= 0.3 is 0 Å². The Morgan fingerprint density at radius 2 is 0.227 bits per heavy atom. The molecule has 0 saturated heterocycles. The van der Waals surface area contributed by atoms with Crippen LogP contribution in [0, 0.1) is 0 Å². The SMILES string of the molecule is CC.CC.CC.CC.CC.CC.CC.CC.Nc1ccc(CC(O)(CO)PP)cc1.Nc1ccc(CC(O)(CO)PP)cc1.Nc1ccc(CC(O)(CO)PP)cc1.Nc1ccc(CC(O)(CO)PP)cc1.Nc1ccc(CC(O)(CO)PP)cc1.Nc1ccc(CC(O)(CO)PP)cc1.Nc1ccc(CC(O)(CO)PP)cc1.Nc1ccc(CC(O)(CO)PP)cc1. The molecule has 24 nitrogen and oxygen atoms in total. The van der Waals surface area contributed by atoms with Crippen LogP contribution in [0.25, 0.3) is 0 Å². The molecular weight excluding hydrogens is 1920 g/mol. The standard InChI is InChI=1S/8C9H15NO2P2.8C2H6/c8*10-8-3-1-7(2-4-8)5-9(12,6-11)14-13;8*1-2/h8*1-4,11-12,14H,5-6,10,13H2;8*1-2H3. The first-order chi connectivity index (χ1) is 60.7. The van der Waals surface area contributed by atoms with Gasteiger partial charge in [0, 0.05) is 96.9 Å². The average molecular weight is 2090 g/mol. The Hall–Kier alpha value is -1.60. The number of benzene rings is 8. The molecule has 0 amide bonds. The Morgan fingerprint density at radius 1 is 0.164 bits per heavy atom. The average Bonchev–Trinajstić information content (AvgIpc) is 0.914. The summed E-state index contributed by atoms with van der Waals surface area (Å²) in [5.74, 6) is 0. The zero-order chi connectivity index (χ0) is 101. The quantitative estimate of drug-likeness (QED) is 0.0137. The Morgan fingerprint density at radius 3 is 0.273 bits per heavy atom. The fourth-order valence-electron chi connectivity index (χ4n) is 9.01. The van der Waals surface area contributed by atoms with Crippen molar-refractivity contribution in [3.63, 3.8) is 0 Å².